The molecule has 1 heterocycles. The first-order chi connectivity index (χ1) is 10.1. The van der Waals surface area contributed by atoms with Crippen molar-refractivity contribution in [2.75, 3.05) is 0 Å². The van der Waals surface area contributed by atoms with Crippen molar-refractivity contribution in [2.45, 2.75) is 18.7 Å². The first-order valence-corrected chi connectivity index (χ1v) is 8.10. The second kappa shape index (κ2) is 6.17. The number of benzene rings is 2. The van der Waals surface area contributed by atoms with Gasteiger partial charge in [0, 0.05) is 22.0 Å². The average Bonchev–Trinajstić information content (AvgIpc) is 2.46. The first-order valence-electron chi connectivity index (χ1n) is 6.87. The number of rotatable bonds is 3. The van der Waals surface area contributed by atoms with Crippen LogP contribution in [0.25, 0.3) is 10.9 Å². The molecule has 0 N–H and O–H groups in total. The predicted octanol–water partition coefficient (Wildman–Crippen LogP) is 5.83. The quantitative estimate of drug-likeness (QED) is 0.536. The van der Waals surface area contributed by atoms with Crippen molar-refractivity contribution in [2.24, 2.45) is 0 Å². The van der Waals surface area contributed by atoms with Crippen molar-refractivity contribution in [1.29, 1.82) is 0 Å². The number of aryl methyl sites for hydroxylation is 1. The summed E-state index contributed by atoms with van der Waals surface area (Å²) in [5.41, 5.74) is 4.37. The highest BCUT2D eigenvalue weighted by molar-refractivity contribution is 9.10. The Labute approximate surface area is 138 Å². The van der Waals surface area contributed by atoms with E-state index >= 15 is 0 Å². The Kier molecular flexibility index (Phi) is 4.27. The maximum absolute atomic E-state index is 6.58. The van der Waals surface area contributed by atoms with Gasteiger partial charge in [0.15, 0.2) is 0 Å². The van der Waals surface area contributed by atoms with Crippen LogP contribution < -0.4 is 0 Å². The number of halogens is 2. The van der Waals surface area contributed by atoms with E-state index in [0.29, 0.717) is 0 Å². The fraction of sp³-hybridized carbons (Fsp3) is 0.167. The van der Waals surface area contributed by atoms with Crippen molar-refractivity contribution < 1.29 is 0 Å². The van der Waals surface area contributed by atoms with E-state index in [2.05, 4.69) is 64.2 Å². The molecule has 0 saturated heterocycles. The summed E-state index contributed by atoms with van der Waals surface area (Å²) in [7, 11) is 0. The van der Waals surface area contributed by atoms with Crippen LogP contribution in [-0.2, 0) is 6.42 Å². The molecule has 0 amide bonds. The minimum atomic E-state index is -0.0742. The highest BCUT2D eigenvalue weighted by Crippen LogP contribution is 2.28. The van der Waals surface area contributed by atoms with Crippen molar-refractivity contribution in [3.8, 4) is 0 Å². The van der Waals surface area contributed by atoms with Crippen molar-refractivity contribution >= 4 is 38.4 Å². The summed E-state index contributed by atoms with van der Waals surface area (Å²) in [6, 6.07) is 18.6. The maximum atomic E-state index is 6.58. The third kappa shape index (κ3) is 3.45. The molecule has 3 heteroatoms. The summed E-state index contributed by atoms with van der Waals surface area (Å²) in [5, 5.41) is 1.08. The van der Waals surface area contributed by atoms with E-state index in [4.69, 9.17) is 11.6 Å². The topological polar surface area (TPSA) is 12.9 Å². The third-order valence-corrected chi connectivity index (χ3v) is 4.33. The smallest absolute Gasteiger partial charge is 0.0705 e. The number of fused-ring (bicyclic) bond motifs is 1. The van der Waals surface area contributed by atoms with Gasteiger partial charge >= 0.3 is 0 Å². The van der Waals surface area contributed by atoms with Gasteiger partial charge in [0.1, 0.15) is 0 Å². The van der Waals surface area contributed by atoms with Crippen LogP contribution in [-0.4, -0.2) is 4.98 Å². The van der Waals surface area contributed by atoms with Crippen LogP contribution in [0.15, 0.2) is 59.1 Å². The molecule has 0 saturated carbocycles. The Bertz CT molecular complexity index is 765. The second-order valence-electron chi connectivity index (χ2n) is 5.23. The van der Waals surface area contributed by atoms with Crippen LogP contribution >= 0.6 is 27.5 Å². The fourth-order valence-corrected chi connectivity index (χ4v) is 3.38. The molecule has 2 aromatic carbocycles. The summed E-state index contributed by atoms with van der Waals surface area (Å²) in [5.74, 6) is 0. The molecule has 0 bridgehead atoms. The van der Waals surface area contributed by atoms with Gasteiger partial charge in [-0.15, -0.1) is 11.6 Å². The molecule has 0 fully saturated rings. The van der Waals surface area contributed by atoms with Gasteiger partial charge in [-0.05, 0) is 42.3 Å². The number of pyridine rings is 1. The fourth-order valence-electron chi connectivity index (χ4n) is 2.47. The van der Waals surface area contributed by atoms with E-state index in [0.717, 1.165) is 33.1 Å². The van der Waals surface area contributed by atoms with E-state index in [9.17, 15) is 0 Å². The molecule has 0 radical (unpaired) electrons. The number of aromatic nitrogens is 1. The molecule has 0 aliphatic heterocycles. The van der Waals surface area contributed by atoms with Crippen molar-refractivity contribution in [3.05, 3.63) is 75.9 Å². The number of hydrogen-bond donors (Lipinski definition) is 0. The molecule has 3 aromatic rings. The zero-order valence-corrected chi connectivity index (χ0v) is 14.0. The molecule has 1 aromatic heterocycles. The lowest BCUT2D eigenvalue weighted by atomic mass is 10.0. The Hall–Kier alpha value is -1.38. The zero-order chi connectivity index (χ0) is 14.8. The number of para-hydroxylation sites is 1. The molecule has 1 unspecified atom stereocenters. The predicted molar refractivity (Wildman–Crippen MR) is 92.9 cm³/mol. The molecule has 1 atom stereocenters. The summed E-state index contributed by atoms with van der Waals surface area (Å²) in [6.45, 7) is 2.08. The van der Waals surface area contributed by atoms with Crippen LogP contribution in [0.5, 0.6) is 0 Å². The van der Waals surface area contributed by atoms with Gasteiger partial charge in [-0.3, -0.25) is 4.98 Å². The van der Waals surface area contributed by atoms with Crippen LogP contribution in [0.3, 0.4) is 0 Å². The van der Waals surface area contributed by atoms with E-state index in [1.54, 1.807) is 0 Å². The SMILES string of the molecule is Cc1cc(Br)cc(C(Cl)Cc2ccc3ccccc3n2)c1. The lowest BCUT2D eigenvalue weighted by Gasteiger charge is -2.11. The van der Waals surface area contributed by atoms with Gasteiger partial charge in [0.05, 0.1) is 10.9 Å². The highest BCUT2D eigenvalue weighted by Gasteiger charge is 2.11. The van der Waals surface area contributed by atoms with Crippen molar-refractivity contribution in [1.82, 2.24) is 4.98 Å². The Morgan fingerprint density at radius 2 is 1.90 bits per heavy atom. The van der Waals surface area contributed by atoms with Gasteiger partial charge in [0.25, 0.3) is 0 Å². The van der Waals surface area contributed by atoms with Crippen molar-refractivity contribution in [3.63, 3.8) is 0 Å². The summed E-state index contributed by atoms with van der Waals surface area (Å²) in [4.78, 5) is 4.69. The van der Waals surface area contributed by atoms with Gasteiger partial charge < -0.3 is 0 Å². The lowest BCUT2D eigenvalue weighted by Crippen LogP contribution is -1.99. The Morgan fingerprint density at radius 3 is 2.71 bits per heavy atom. The summed E-state index contributed by atoms with van der Waals surface area (Å²) >= 11 is 10.1. The minimum Gasteiger partial charge on any atom is -0.253 e. The minimum absolute atomic E-state index is 0.0742. The molecule has 21 heavy (non-hydrogen) atoms. The van der Waals surface area contributed by atoms with E-state index in [-0.39, 0.29) is 5.38 Å². The first kappa shape index (κ1) is 14.6. The molecule has 0 aliphatic rings. The zero-order valence-electron chi connectivity index (χ0n) is 11.7. The van der Waals surface area contributed by atoms with Gasteiger partial charge in [-0.1, -0.05) is 46.3 Å². The second-order valence-corrected chi connectivity index (χ2v) is 6.67. The largest absolute Gasteiger partial charge is 0.253 e. The molecule has 0 spiro atoms. The highest BCUT2D eigenvalue weighted by atomic mass is 79.9. The van der Waals surface area contributed by atoms with Crippen LogP contribution in [0.4, 0.5) is 0 Å². The van der Waals surface area contributed by atoms with E-state index in [1.807, 2.05) is 18.2 Å². The number of alkyl halides is 1. The average molecular weight is 361 g/mol. The number of hydrogen-bond acceptors (Lipinski definition) is 1. The monoisotopic (exact) mass is 359 g/mol. The van der Waals surface area contributed by atoms with Gasteiger partial charge in [-0.25, -0.2) is 0 Å². The van der Waals surface area contributed by atoms with Crippen LogP contribution in [0.2, 0.25) is 0 Å². The standard InChI is InChI=1S/C18H15BrClN/c1-12-8-14(10-15(19)9-12)17(20)11-16-7-6-13-4-2-3-5-18(13)21-16/h2-10,17H,11H2,1H3. The molecule has 106 valence electrons. The molecular weight excluding hydrogens is 346 g/mol. The van der Waals surface area contributed by atoms with Crippen LogP contribution in [0, 0.1) is 6.92 Å². The third-order valence-electron chi connectivity index (χ3n) is 3.47. The van der Waals surface area contributed by atoms with E-state index < -0.39 is 0 Å². The molecule has 3 rings (SSSR count). The van der Waals surface area contributed by atoms with Gasteiger partial charge in [0.2, 0.25) is 0 Å². The Morgan fingerprint density at radius 1 is 1.10 bits per heavy atom. The lowest BCUT2D eigenvalue weighted by molar-refractivity contribution is 0.886. The normalized spacial score (nSPS) is 12.5. The molecule has 0 aliphatic carbocycles. The number of nitrogens with zero attached hydrogens (tertiary/aromatic N) is 1. The summed E-state index contributed by atoms with van der Waals surface area (Å²) in [6.07, 6.45) is 0.724. The molecular formula is C18H15BrClN. The maximum Gasteiger partial charge on any atom is 0.0705 e. The van der Waals surface area contributed by atoms with Crippen LogP contribution in [0.1, 0.15) is 22.2 Å². The van der Waals surface area contributed by atoms with E-state index in [1.165, 1.54) is 5.56 Å². The Balaban J connectivity index is 1.86. The summed E-state index contributed by atoms with van der Waals surface area (Å²) < 4.78 is 1.06. The molecule has 1 nitrogen and oxygen atoms in total. The van der Waals surface area contributed by atoms with Gasteiger partial charge in [-0.2, -0.15) is 0 Å².